The summed E-state index contributed by atoms with van der Waals surface area (Å²) in [7, 11) is 0. The summed E-state index contributed by atoms with van der Waals surface area (Å²) in [5.41, 5.74) is 1.79. The van der Waals surface area contributed by atoms with E-state index in [-0.39, 0.29) is 6.61 Å². The molecule has 0 aliphatic carbocycles. The van der Waals surface area contributed by atoms with Gasteiger partial charge in [-0.3, -0.25) is 4.79 Å². The van der Waals surface area contributed by atoms with Crippen LogP contribution < -0.4 is 4.90 Å². The van der Waals surface area contributed by atoms with Gasteiger partial charge in [0.15, 0.2) is 11.7 Å². The molecule has 2 heterocycles. The molecular weight excluding hydrogens is 316 g/mol. The predicted octanol–water partition coefficient (Wildman–Crippen LogP) is 2.96. The van der Waals surface area contributed by atoms with Crippen LogP contribution in [0.15, 0.2) is 36.9 Å². The van der Waals surface area contributed by atoms with E-state index in [2.05, 4.69) is 16.5 Å². The van der Waals surface area contributed by atoms with E-state index in [9.17, 15) is 10.1 Å². The SMILES string of the molecule is C=CCOC(=O)C(C#N)c1nc2ccccc2nc1N1CCCCC1. The van der Waals surface area contributed by atoms with Crippen molar-refractivity contribution in [2.45, 2.75) is 25.2 Å². The maximum absolute atomic E-state index is 12.3. The molecule has 3 rings (SSSR count). The number of nitriles is 1. The zero-order chi connectivity index (χ0) is 17.6. The molecule has 0 N–H and O–H groups in total. The third-order valence-electron chi connectivity index (χ3n) is 4.22. The zero-order valence-electron chi connectivity index (χ0n) is 14.0. The highest BCUT2D eigenvalue weighted by molar-refractivity contribution is 5.85. The Labute approximate surface area is 146 Å². The Hall–Kier alpha value is -2.94. The first-order valence-electron chi connectivity index (χ1n) is 8.43. The topological polar surface area (TPSA) is 79.1 Å². The number of esters is 1. The molecular formula is C19H20N4O2. The van der Waals surface area contributed by atoms with Crippen LogP contribution in [-0.4, -0.2) is 35.6 Å². The fourth-order valence-electron chi connectivity index (χ4n) is 2.99. The maximum Gasteiger partial charge on any atom is 0.330 e. The molecule has 1 saturated heterocycles. The first kappa shape index (κ1) is 16.9. The fourth-order valence-corrected chi connectivity index (χ4v) is 2.99. The van der Waals surface area contributed by atoms with Gasteiger partial charge in [-0.1, -0.05) is 24.8 Å². The maximum atomic E-state index is 12.3. The molecule has 1 aliphatic rings. The summed E-state index contributed by atoms with van der Waals surface area (Å²) in [6, 6.07) is 9.51. The standard InChI is InChI=1S/C19H20N4O2/c1-2-12-25-19(24)14(13-20)17-18(23-10-6-3-7-11-23)22-16-9-5-4-8-15(16)21-17/h2,4-5,8-9,14H,1,3,6-7,10-12H2. The third kappa shape index (κ3) is 3.61. The number of carbonyl (C=O) groups excluding carboxylic acids is 1. The lowest BCUT2D eigenvalue weighted by Crippen LogP contribution is -2.32. The number of benzene rings is 1. The summed E-state index contributed by atoms with van der Waals surface area (Å²) in [6.45, 7) is 5.29. The largest absolute Gasteiger partial charge is 0.460 e. The van der Waals surface area contributed by atoms with Gasteiger partial charge in [0, 0.05) is 13.1 Å². The molecule has 1 fully saturated rings. The van der Waals surface area contributed by atoms with E-state index < -0.39 is 11.9 Å². The fraction of sp³-hybridized carbons (Fsp3) is 0.368. The highest BCUT2D eigenvalue weighted by Crippen LogP contribution is 2.29. The molecule has 1 unspecified atom stereocenters. The molecule has 0 bridgehead atoms. The number of rotatable bonds is 5. The van der Waals surface area contributed by atoms with Gasteiger partial charge in [-0.15, -0.1) is 0 Å². The molecule has 25 heavy (non-hydrogen) atoms. The molecule has 2 aromatic rings. The zero-order valence-corrected chi connectivity index (χ0v) is 14.0. The number of para-hydroxylation sites is 2. The molecule has 0 amide bonds. The molecule has 0 spiro atoms. The Morgan fingerprint density at radius 2 is 1.96 bits per heavy atom. The second-order valence-electron chi connectivity index (χ2n) is 5.95. The monoisotopic (exact) mass is 336 g/mol. The number of ether oxygens (including phenoxy) is 1. The van der Waals surface area contributed by atoms with Gasteiger partial charge in [0.2, 0.25) is 0 Å². The summed E-state index contributed by atoms with van der Waals surface area (Å²) < 4.78 is 5.09. The first-order valence-corrected chi connectivity index (χ1v) is 8.43. The van der Waals surface area contributed by atoms with E-state index in [4.69, 9.17) is 9.72 Å². The minimum atomic E-state index is -1.10. The van der Waals surface area contributed by atoms with Crippen molar-refractivity contribution in [2.24, 2.45) is 0 Å². The average Bonchev–Trinajstić information content (AvgIpc) is 2.67. The number of piperidine rings is 1. The van der Waals surface area contributed by atoms with Crippen LogP contribution in [0.3, 0.4) is 0 Å². The van der Waals surface area contributed by atoms with Crippen LogP contribution in [0.2, 0.25) is 0 Å². The quantitative estimate of drug-likeness (QED) is 0.617. The number of aromatic nitrogens is 2. The second kappa shape index (κ2) is 7.75. The van der Waals surface area contributed by atoms with Crippen LogP contribution in [0.25, 0.3) is 11.0 Å². The molecule has 1 aliphatic heterocycles. The first-order chi connectivity index (χ1) is 12.2. The number of anilines is 1. The number of hydrogen-bond acceptors (Lipinski definition) is 6. The van der Waals surface area contributed by atoms with Crippen molar-refractivity contribution in [3.05, 3.63) is 42.6 Å². The molecule has 128 valence electrons. The number of carbonyl (C=O) groups is 1. The second-order valence-corrected chi connectivity index (χ2v) is 5.95. The van der Waals surface area contributed by atoms with Crippen LogP contribution in [0, 0.1) is 11.3 Å². The van der Waals surface area contributed by atoms with Gasteiger partial charge in [-0.2, -0.15) is 5.26 Å². The summed E-state index contributed by atoms with van der Waals surface area (Å²) in [6.07, 6.45) is 4.78. The summed E-state index contributed by atoms with van der Waals surface area (Å²) in [5.74, 6) is -1.11. The van der Waals surface area contributed by atoms with E-state index in [1.165, 1.54) is 12.5 Å². The van der Waals surface area contributed by atoms with Crippen molar-refractivity contribution in [3.63, 3.8) is 0 Å². The van der Waals surface area contributed by atoms with E-state index in [1.54, 1.807) is 0 Å². The molecule has 1 aromatic carbocycles. The van der Waals surface area contributed by atoms with Gasteiger partial charge in [-0.05, 0) is 31.4 Å². The lowest BCUT2D eigenvalue weighted by molar-refractivity contribution is -0.142. The minimum Gasteiger partial charge on any atom is -0.460 e. The molecule has 1 atom stereocenters. The Morgan fingerprint density at radius 3 is 2.60 bits per heavy atom. The Bertz CT molecular complexity index is 822. The van der Waals surface area contributed by atoms with Crippen molar-refractivity contribution < 1.29 is 9.53 Å². The van der Waals surface area contributed by atoms with E-state index >= 15 is 0 Å². The van der Waals surface area contributed by atoms with Crippen LogP contribution in [0.1, 0.15) is 30.9 Å². The van der Waals surface area contributed by atoms with Crippen molar-refractivity contribution in [3.8, 4) is 6.07 Å². The summed E-state index contributed by atoms with van der Waals surface area (Å²) in [4.78, 5) is 23.8. The van der Waals surface area contributed by atoms with Gasteiger partial charge < -0.3 is 9.64 Å². The van der Waals surface area contributed by atoms with Gasteiger partial charge in [0.1, 0.15) is 12.3 Å². The van der Waals surface area contributed by atoms with E-state index in [1.807, 2.05) is 30.3 Å². The van der Waals surface area contributed by atoms with Crippen molar-refractivity contribution in [1.29, 1.82) is 5.26 Å². The Kier molecular flexibility index (Phi) is 5.24. The van der Waals surface area contributed by atoms with Gasteiger partial charge in [0.25, 0.3) is 0 Å². The molecule has 0 saturated carbocycles. The highest BCUT2D eigenvalue weighted by Gasteiger charge is 2.30. The van der Waals surface area contributed by atoms with E-state index in [0.29, 0.717) is 17.0 Å². The van der Waals surface area contributed by atoms with Crippen molar-refractivity contribution in [2.75, 3.05) is 24.6 Å². The van der Waals surface area contributed by atoms with Gasteiger partial charge in [0.05, 0.1) is 17.1 Å². The van der Waals surface area contributed by atoms with Crippen LogP contribution in [0.5, 0.6) is 0 Å². The van der Waals surface area contributed by atoms with Crippen LogP contribution in [0.4, 0.5) is 5.82 Å². The Morgan fingerprint density at radius 1 is 1.28 bits per heavy atom. The molecule has 6 heteroatoms. The lowest BCUT2D eigenvalue weighted by Gasteiger charge is -2.29. The van der Waals surface area contributed by atoms with E-state index in [0.717, 1.165) is 31.4 Å². The number of nitrogens with zero attached hydrogens (tertiary/aromatic N) is 4. The lowest BCUT2D eigenvalue weighted by atomic mass is 10.0. The number of hydrogen-bond donors (Lipinski definition) is 0. The summed E-state index contributed by atoms with van der Waals surface area (Å²) in [5, 5.41) is 9.58. The normalized spacial score (nSPS) is 15.4. The molecule has 0 radical (unpaired) electrons. The number of fused-ring (bicyclic) bond motifs is 1. The van der Waals surface area contributed by atoms with Crippen molar-refractivity contribution >= 4 is 22.8 Å². The van der Waals surface area contributed by atoms with Crippen molar-refractivity contribution in [1.82, 2.24) is 9.97 Å². The Balaban J connectivity index is 2.08. The third-order valence-corrected chi connectivity index (χ3v) is 4.22. The highest BCUT2D eigenvalue weighted by atomic mass is 16.5. The molecule has 1 aromatic heterocycles. The van der Waals surface area contributed by atoms with Gasteiger partial charge >= 0.3 is 5.97 Å². The average molecular weight is 336 g/mol. The predicted molar refractivity (Wildman–Crippen MR) is 95.1 cm³/mol. The minimum absolute atomic E-state index is 0.0665. The summed E-state index contributed by atoms with van der Waals surface area (Å²) >= 11 is 0. The van der Waals surface area contributed by atoms with Gasteiger partial charge in [-0.25, -0.2) is 9.97 Å². The molecule has 6 nitrogen and oxygen atoms in total. The van der Waals surface area contributed by atoms with Crippen LogP contribution in [-0.2, 0) is 9.53 Å². The van der Waals surface area contributed by atoms with Crippen LogP contribution >= 0.6 is 0 Å². The smallest absolute Gasteiger partial charge is 0.330 e.